The molecule has 1 saturated heterocycles. The van der Waals surface area contributed by atoms with Gasteiger partial charge in [0, 0.05) is 30.6 Å². The van der Waals surface area contributed by atoms with Crippen LogP contribution >= 0.6 is 0 Å². The first-order valence-corrected chi connectivity index (χ1v) is 11.0. The van der Waals surface area contributed by atoms with E-state index >= 15 is 0 Å². The summed E-state index contributed by atoms with van der Waals surface area (Å²) < 4.78 is 61.3. The number of hydrogen-bond acceptors (Lipinski definition) is 4. The molecule has 1 aromatic carbocycles. The van der Waals surface area contributed by atoms with Gasteiger partial charge in [0.05, 0.1) is 0 Å². The molecule has 2 heterocycles. The molecule has 1 amide bonds. The van der Waals surface area contributed by atoms with E-state index in [0.717, 1.165) is 35.6 Å². The van der Waals surface area contributed by atoms with Crippen LogP contribution in [-0.2, 0) is 41.6 Å². The summed E-state index contributed by atoms with van der Waals surface area (Å²) in [6.45, 7) is 0.656. The predicted octanol–water partition coefficient (Wildman–Crippen LogP) is 3.15. The highest BCUT2D eigenvalue weighted by Gasteiger charge is 2.32. The Morgan fingerprint density at radius 3 is 2.61 bits per heavy atom. The summed E-state index contributed by atoms with van der Waals surface area (Å²) >= 11 is -2.41. The molecule has 6 nitrogen and oxygen atoms in total. The van der Waals surface area contributed by atoms with Crippen molar-refractivity contribution in [1.29, 1.82) is 0 Å². The molecular weight excluding hydrogens is 431 g/mol. The number of carbonyl (C=O) groups is 1. The number of aromatic nitrogens is 1. The van der Waals surface area contributed by atoms with Gasteiger partial charge in [-0.05, 0) is 54.9 Å². The first-order chi connectivity index (χ1) is 14.7. The maximum absolute atomic E-state index is 12.6. The lowest BCUT2D eigenvalue weighted by molar-refractivity contribution is -0.141. The SMILES string of the molecule is O=C(NCc1cccc(CCCc2ccc(C(F)(F)F)nc2)c1)C1CCCN1S(=O)[O-]. The van der Waals surface area contributed by atoms with Crippen LogP contribution in [0.2, 0.25) is 0 Å². The van der Waals surface area contributed by atoms with E-state index < -0.39 is 29.2 Å². The second-order valence-electron chi connectivity index (χ2n) is 7.46. The Morgan fingerprint density at radius 2 is 1.94 bits per heavy atom. The van der Waals surface area contributed by atoms with Crippen LogP contribution in [0.15, 0.2) is 42.6 Å². The van der Waals surface area contributed by atoms with E-state index in [9.17, 15) is 26.7 Å². The first-order valence-electron chi connectivity index (χ1n) is 9.98. The normalized spacial score (nSPS) is 18.1. The van der Waals surface area contributed by atoms with Crippen molar-refractivity contribution in [3.63, 3.8) is 0 Å². The average Bonchev–Trinajstić information content (AvgIpc) is 3.23. The number of benzene rings is 1. The van der Waals surface area contributed by atoms with Gasteiger partial charge in [-0.25, -0.2) is 4.31 Å². The quantitative estimate of drug-likeness (QED) is 0.621. The molecule has 1 aromatic heterocycles. The van der Waals surface area contributed by atoms with Crippen LogP contribution in [0.25, 0.3) is 0 Å². The monoisotopic (exact) mass is 454 g/mol. The van der Waals surface area contributed by atoms with E-state index in [1.165, 1.54) is 16.6 Å². The Balaban J connectivity index is 1.48. The van der Waals surface area contributed by atoms with E-state index in [1.807, 2.05) is 24.3 Å². The summed E-state index contributed by atoms with van der Waals surface area (Å²) in [5, 5.41) is 2.80. The van der Waals surface area contributed by atoms with Crippen molar-refractivity contribution in [2.45, 2.75) is 50.9 Å². The van der Waals surface area contributed by atoms with Gasteiger partial charge in [-0.15, -0.1) is 0 Å². The average molecular weight is 454 g/mol. The zero-order chi connectivity index (χ0) is 22.4. The van der Waals surface area contributed by atoms with Crippen molar-refractivity contribution in [3.8, 4) is 0 Å². The molecular formula is C21H23F3N3O3S-. The molecule has 168 valence electrons. The van der Waals surface area contributed by atoms with Gasteiger partial charge in [-0.3, -0.25) is 14.0 Å². The fourth-order valence-corrected chi connectivity index (χ4v) is 4.31. The fraction of sp³-hybridized carbons (Fsp3) is 0.429. The van der Waals surface area contributed by atoms with Gasteiger partial charge in [-0.1, -0.05) is 30.3 Å². The number of pyridine rings is 1. The maximum atomic E-state index is 12.6. The third kappa shape index (κ3) is 6.59. The second-order valence-corrected chi connectivity index (χ2v) is 8.36. The molecule has 2 atom stereocenters. The summed E-state index contributed by atoms with van der Waals surface area (Å²) in [6.07, 6.45) is 0.0840. The molecule has 0 saturated carbocycles. The Morgan fingerprint density at radius 1 is 1.19 bits per heavy atom. The zero-order valence-electron chi connectivity index (χ0n) is 16.7. The molecule has 0 bridgehead atoms. The second kappa shape index (κ2) is 10.3. The largest absolute Gasteiger partial charge is 0.760 e. The smallest absolute Gasteiger partial charge is 0.433 e. The molecule has 0 aliphatic carbocycles. The number of alkyl halides is 3. The van der Waals surface area contributed by atoms with Crippen LogP contribution in [0, 0.1) is 0 Å². The van der Waals surface area contributed by atoms with Crippen LogP contribution in [0.1, 0.15) is 41.6 Å². The van der Waals surface area contributed by atoms with Crippen molar-refractivity contribution in [3.05, 3.63) is 65.0 Å². The number of hydrogen-bond donors (Lipinski definition) is 1. The molecule has 2 aromatic rings. The number of amides is 1. The number of halogens is 3. The Bertz CT molecular complexity index is 922. The standard InChI is InChI=1S/C21H24F3N3O3S/c22-21(23,24)19-10-9-16(13-25-19)6-1-4-15-5-2-7-17(12-15)14-26-20(28)18-8-3-11-27(18)31(29)30/h2,5,7,9-10,12-13,18H,1,3-4,6,8,11,14H2,(H,26,28)(H,29,30)/p-1. The summed E-state index contributed by atoms with van der Waals surface area (Å²) in [4.78, 5) is 15.8. The number of rotatable bonds is 8. The van der Waals surface area contributed by atoms with Gasteiger partial charge in [-0.2, -0.15) is 13.2 Å². The molecule has 1 fully saturated rings. The molecule has 0 spiro atoms. The molecule has 10 heteroatoms. The first kappa shape index (κ1) is 23.4. The number of nitrogens with zero attached hydrogens (tertiary/aromatic N) is 2. The summed E-state index contributed by atoms with van der Waals surface area (Å²) in [6, 6.07) is 9.46. The van der Waals surface area contributed by atoms with E-state index in [2.05, 4.69) is 10.3 Å². The lowest BCUT2D eigenvalue weighted by Gasteiger charge is -2.25. The Labute approximate surface area is 181 Å². The van der Waals surface area contributed by atoms with Crippen molar-refractivity contribution >= 4 is 17.2 Å². The van der Waals surface area contributed by atoms with E-state index in [-0.39, 0.29) is 5.91 Å². The highest BCUT2D eigenvalue weighted by molar-refractivity contribution is 7.76. The van der Waals surface area contributed by atoms with Crippen LogP contribution in [0.3, 0.4) is 0 Å². The Kier molecular flexibility index (Phi) is 7.79. The van der Waals surface area contributed by atoms with E-state index in [4.69, 9.17) is 0 Å². The molecule has 0 radical (unpaired) electrons. The van der Waals surface area contributed by atoms with Gasteiger partial charge in [0.25, 0.3) is 0 Å². The predicted molar refractivity (Wildman–Crippen MR) is 108 cm³/mol. The van der Waals surface area contributed by atoms with Crippen LogP contribution in [0.5, 0.6) is 0 Å². The van der Waals surface area contributed by atoms with Crippen molar-refractivity contribution < 1.29 is 26.7 Å². The number of nitrogens with one attached hydrogen (secondary N) is 1. The molecule has 3 rings (SSSR count). The molecule has 1 aliphatic heterocycles. The van der Waals surface area contributed by atoms with Gasteiger partial charge in [0.1, 0.15) is 11.7 Å². The zero-order valence-corrected chi connectivity index (χ0v) is 17.5. The Hall–Kier alpha value is -2.30. The van der Waals surface area contributed by atoms with Crippen LogP contribution in [0.4, 0.5) is 13.2 Å². The van der Waals surface area contributed by atoms with Crippen LogP contribution < -0.4 is 5.32 Å². The highest BCUT2D eigenvalue weighted by Crippen LogP contribution is 2.27. The highest BCUT2D eigenvalue weighted by atomic mass is 32.2. The third-order valence-electron chi connectivity index (χ3n) is 5.20. The lowest BCUT2D eigenvalue weighted by atomic mass is 10.0. The minimum atomic E-state index is -4.43. The lowest BCUT2D eigenvalue weighted by Crippen LogP contribution is -2.43. The topological polar surface area (TPSA) is 85.4 Å². The third-order valence-corrected chi connectivity index (χ3v) is 6.02. The van der Waals surface area contributed by atoms with E-state index in [1.54, 1.807) is 0 Å². The number of aryl methyl sites for hydroxylation is 2. The van der Waals surface area contributed by atoms with Crippen molar-refractivity contribution in [2.24, 2.45) is 0 Å². The minimum absolute atomic E-state index is 0.297. The van der Waals surface area contributed by atoms with Gasteiger partial charge in [0.15, 0.2) is 0 Å². The number of carbonyl (C=O) groups excluding carboxylic acids is 1. The maximum Gasteiger partial charge on any atom is 0.433 e. The molecule has 1 N–H and O–H groups in total. The van der Waals surface area contributed by atoms with Gasteiger partial charge >= 0.3 is 6.18 Å². The fourth-order valence-electron chi connectivity index (χ4n) is 3.62. The van der Waals surface area contributed by atoms with Crippen molar-refractivity contribution in [2.75, 3.05) is 6.54 Å². The van der Waals surface area contributed by atoms with E-state index in [0.29, 0.717) is 32.4 Å². The summed E-state index contributed by atoms with van der Waals surface area (Å²) in [7, 11) is 0. The van der Waals surface area contributed by atoms with Gasteiger partial charge in [0.2, 0.25) is 5.91 Å². The minimum Gasteiger partial charge on any atom is -0.760 e. The molecule has 2 unspecified atom stereocenters. The summed E-state index contributed by atoms with van der Waals surface area (Å²) in [5.41, 5.74) is 1.80. The van der Waals surface area contributed by atoms with Gasteiger partial charge < -0.3 is 9.87 Å². The summed E-state index contributed by atoms with van der Waals surface area (Å²) in [5.74, 6) is -0.304. The van der Waals surface area contributed by atoms with Crippen molar-refractivity contribution in [1.82, 2.24) is 14.6 Å². The van der Waals surface area contributed by atoms with Crippen LogP contribution in [-0.4, -0.2) is 36.5 Å². The molecule has 31 heavy (non-hydrogen) atoms. The molecule has 1 aliphatic rings.